The van der Waals surface area contributed by atoms with Gasteiger partial charge in [0.2, 0.25) is 0 Å². The van der Waals surface area contributed by atoms with Gasteiger partial charge in [0.1, 0.15) is 5.82 Å². The molecule has 2 aromatic rings. The molecule has 0 radical (unpaired) electrons. The highest BCUT2D eigenvalue weighted by Gasteiger charge is 2.25. The number of aliphatic hydroxyl groups is 1. The SMILES string of the molecule is C#CC(O)(CCCC)c1ccc(-c2ccccc2F)cc1. The van der Waals surface area contributed by atoms with Gasteiger partial charge in [-0.15, -0.1) is 6.42 Å². The minimum atomic E-state index is -1.25. The van der Waals surface area contributed by atoms with Crippen molar-refractivity contribution < 1.29 is 9.50 Å². The fourth-order valence-corrected chi connectivity index (χ4v) is 2.35. The second-order valence-electron chi connectivity index (χ2n) is 5.17. The number of hydrogen-bond donors (Lipinski definition) is 1. The zero-order chi connectivity index (χ0) is 15.3. The third-order valence-electron chi connectivity index (χ3n) is 3.68. The van der Waals surface area contributed by atoms with Crippen LogP contribution in [-0.4, -0.2) is 5.11 Å². The highest BCUT2D eigenvalue weighted by atomic mass is 19.1. The summed E-state index contributed by atoms with van der Waals surface area (Å²) in [5.41, 5.74) is 0.746. The zero-order valence-corrected chi connectivity index (χ0v) is 12.1. The van der Waals surface area contributed by atoms with Crippen LogP contribution in [0.1, 0.15) is 31.7 Å². The molecular weight excluding hydrogens is 263 g/mol. The van der Waals surface area contributed by atoms with E-state index >= 15 is 0 Å². The van der Waals surface area contributed by atoms with Crippen molar-refractivity contribution in [3.63, 3.8) is 0 Å². The van der Waals surface area contributed by atoms with Crippen molar-refractivity contribution in [1.29, 1.82) is 0 Å². The number of halogens is 1. The Morgan fingerprint density at radius 1 is 1.14 bits per heavy atom. The molecule has 21 heavy (non-hydrogen) atoms. The molecular formula is C19H19FO. The first-order chi connectivity index (χ1) is 10.1. The van der Waals surface area contributed by atoms with E-state index in [1.54, 1.807) is 42.5 Å². The van der Waals surface area contributed by atoms with Crippen LogP contribution in [0.5, 0.6) is 0 Å². The Hall–Kier alpha value is -2.11. The normalized spacial score (nSPS) is 13.4. The third kappa shape index (κ3) is 3.32. The van der Waals surface area contributed by atoms with Crippen molar-refractivity contribution >= 4 is 0 Å². The molecule has 1 atom stereocenters. The van der Waals surface area contributed by atoms with Crippen LogP contribution in [0.2, 0.25) is 0 Å². The van der Waals surface area contributed by atoms with Crippen molar-refractivity contribution in [3.8, 4) is 23.5 Å². The largest absolute Gasteiger partial charge is 0.373 e. The van der Waals surface area contributed by atoms with Crippen LogP contribution in [0.4, 0.5) is 4.39 Å². The Bertz CT molecular complexity index is 639. The summed E-state index contributed by atoms with van der Waals surface area (Å²) in [5.74, 6) is 2.22. The molecule has 2 heteroatoms. The standard InChI is InChI=1S/C19H19FO/c1-3-5-14-19(21,4-2)16-12-10-15(11-13-16)17-8-6-7-9-18(17)20/h2,6-13,21H,3,5,14H2,1H3. The molecule has 0 saturated carbocycles. The van der Waals surface area contributed by atoms with E-state index in [0.717, 1.165) is 18.4 Å². The Morgan fingerprint density at radius 2 is 1.81 bits per heavy atom. The van der Waals surface area contributed by atoms with Crippen LogP contribution in [0.3, 0.4) is 0 Å². The maximum absolute atomic E-state index is 13.8. The highest BCUT2D eigenvalue weighted by Crippen LogP contribution is 2.29. The minimum Gasteiger partial charge on any atom is -0.373 e. The summed E-state index contributed by atoms with van der Waals surface area (Å²) in [5, 5.41) is 10.5. The first-order valence-corrected chi connectivity index (χ1v) is 7.16. The third-order valence-corrected chi connectivity index (χ3v) is 3.68. The van der Waals surface area contributed by atoms with Gasteiger partial charge >= 0.3 is 0 Å². The number of unbranched alkanes of at least 4 members (excludes halogenated alkanes) is 1. The summed E-state index contributed by atoms with van der Waals surface area (Å²) in [6.07, 6.45) is 7.85. The molecule has 0 amide bonds. The molecule has 0 fully saturated rings. The van der Waals surface area contributed by atoms with E-state index < -0.39 is 5.60 Å². The highest BCUT2D eigenvalue weighted by molar-refractivity contribution is 5.64. The molecule has 108 valence electrons. The topological polar surface area (TPSA) is 20.2 Å². The van der Waals surface area contributed by atoms with Gasteiger partial charge in [-0.1, -0.05) is 61.7 Å². The lowest BCUT2D eigenvalue weighted by atomic mass is 9.88. The predicted molar refractivity (Wildman–Crippen MR) is 84.1 cm³/mol. The lowest BCUT2D eigenvalue weighted by Crippen LogP contribution is -2.23. The molecule has 1 nitrogen and oxygen atoms in total. The van der Waals surface area contributed by atoms with Gasteiger partial charge in [0.25, 0.3) is 0 Å². The second-order valence-corrected chi connectivity index (χ2v) is 5.17. The fraction of sp³-hybridized carbons (Fsp3) is 0.263. The quantitative estimate of drug-likeness (QED) is 0.800. The Labute approximate surface area is 125 Å². The maximum Gasteiger partial charge on any atom is 0.150 e. The summed E-state index contributed by atoms with van der Waals surface area (Å²) in [6.45, 7) is 2.05. The first-order valence-electron chi connectivity index (χ1n) is 7.16. The summed E-state index contributed by atoms with van der Waals surface area (Å²) >= 11 is 0. The smallest absolute Gasteiger partial charge is 0.150 e. The van der Waals surface area contributed by atoms with Crippen LogP contribution >= 0.6 is 0 Å². The van der Waals surface area contributed by atoms with Crippen LogP contribution < -0.4 is 0 Å². The first kappa shape index (κ1) is 15.3. The number of rotatable bonds is 5. The van der Waals surface area contributed by atoms with Gasteiger partial charge in [0.15, 0.2) is 5.60 Å². The Kier molecular flexibility index (Phi) is 4.77. The Balaban J connectivity index is 2.31. The van der Waals surface area contributed by atoms with Gasteiger partial charge < -0.3 is 5.11 Å². The molecule has 0 heterocycles. The lowest BCUT2D eigenvalue weighted by molar-refractivity contribution is 0.0877. The van der Waals surface area contributed by atoms with Gasteiger partial charge in [-0.25, -0.2) is 4.39 Å². The molecule has 2 rings (SSSR count). The van der Waals surface area contributed by atoms with Crippen molar-refractivity contribution in [2.75, 3.05) is 0 Å². The summed E-state index contributed by atoms with van der Waals surface area (Å²) in [7, 11) is 0. The molecule has 0 aliphatic rings. The summed E-state index contributed by atoms with van der Waals surface area (Å²) < 4.78 is 13.8. The van der Waals surface area contributed by atoms with E-state index in [1.165, 1.54) is 6.07 Å². The second kappa shape index (κ2) is 6.56. The molecule has 1 unspecified atom stereocenters. The molecule has 0 aliphatic heterocycles. The van der Waals surface area contributed by atoms with Crippen LogP contribution in [0.25, 0.3) is 11.1 Å². The molecule has 0 spiro atoms. The van der Waals surface area contributed by atoms with Crippen molar-refractivity contribution in [2.24, 2.45) is 0 Å². The summed E-state index contributed by atoms with van der Waals surface area (Å²) in [6, 6.07) is 13.8. The minimum absolute atomic E-state index is 0.261. The van der Waals surface area contributed by atoms with Gasteiger partial charge in [0.05, 0.1) is 0 Å². The van der Waals surface area contributed by atoms with E-state index in [-0.39, 0.29) is 5.82 Å². The molecule has 0 saturated heterocycles. The summed E-state index contributed by atoms with van der Waals surface area (Å²) in [4.78, 5) is 0. The van der Waals surface area contributed by atoms with E-state index in [1.807, 2.05) is 0 Å². The average molecular weight is 282 g/mol. The molecule has 1 N–H and O–H groups in total. The maximum atomic E-state index is 13.8. The number of hydrogen-bond acceptors (Lipinski definition) is 1. The monoisotopic (exact) mass is 282 g/mol. The molecule has 0 aliphatic carbocycles. The lowest BCUT2D eigenvalue weighted by Gasteiger charge is -2.22. The van der Waals surface area contributed by atoms with Gasteiger partial charge in [-0.3, -0.25) is 0 Å². The average Bonchev–Trinajstić information content (AvgIpc) is 2.53. The van der Waals surface area contributed by atoms with E-state index in [0.29, 0.717) is 17.5 Å². The molecule has 0 aromatic heterocycles. The molecule has 0 bridgehead atoms. The van der Waals surface area contributed by atoms with E-state index in [2.05, 4.69) is 12.8 Å². The predicted octanol–water partition coefficient (Wildman–Crippen LogP) is 4.50. The van der Waals surface area contributed by atoms with Gasteiger partial charge in [0, 0.05) is 5.56 Å². The van der Waals surface area contributed by atoms with Gasteiger partial charge in [-0.2, -0.15) is 0 Å². The number of benzene rings is 2. The van der Waals surface area contributed by atoms with Crippen molar-refractivity contribution in [3.05, 3.63) is 59.9 Å². The van der Waals surface area contributed by atoms with Gasteiger partial charge in [-0.05, 0) is 30.0 Å². The van der Waals surface area contributed by atoms with Crippen molar-refractivity contribution in [1.82, 2.24) is 0 Å². The van der Waals surface area contributed by atoms with Crippen LogP contribution in [0, 0.1) is 18.2 Å². The number of terminal acetylenes is 1. The van der Waals surface area contributed by atoms with Crippen LogP contribution in [0.15, 0.2) is 48.5 Å². The van der Waals surface area contributed by atoms with Crippen LogP contribution in [-0.2, 0) is 5.60 Å². The fourth-order valence-electron chi connectivity index (χ4n) is 2.35. The van der Waals surface area contributed by atoms with E-state index in [9.17, 15) is 9.50 Å². The zero-order valence-electron chi connectivity index (χ0n) is 12.1. The Morgan fingerprint density at radius 3 is 2.38 bits per heavy atom. The molecule has 2 aromatic carbocycles. The van der Waals surface area contributed by atoms with E-state index in [4.69, 9.17) is 6.42 Å². The van der Waals surface area contributed by atoms with Crippen molar-refractivity contribution in [2.45, 2.75) is 31.8 Å².